The molecule has 0 heterocycles. The minimum Gasteiger partial charge on any atom is -0.369 e. The molecule has 0 bridgehead atoms. The second kappa shape index (κ2) is 11.6. The number of amides is 1. The van der Waals surface area contributed by atoms with Gasteiger partial charge in [0.2, 0.25) is 5.91 Å². The smallest absolute Gasteiger partial charge is 0.272 e. The van der Waals surface area contributed by atoms with Gasteiger partial charge in [-0.2, -0.15) is 10.5 Å². The van der Waals surface area contributed by atoms with Crippen LogP contribution >= 0.6 is 23.2 Å². The molecule has 164 valence electrons. The highest BCUT2D eigenvalue weighted by atomic mass is 35.5. The minimum absolute atomic E-state index is 0.0430. The largest absolute Gasteiger partial charge is 0.369 e. The summed E-state index contributed by atoms with van der Waals surface area (Å²) in [6.45, 7) is 2.15. The van der Waals surface area contributed by atoms with Gasteiger partial charge in [0.1, 0.15) is 11.4 Å². The molecule has 12 heteroatoms. The van der Waals surface area contributed by atoms with Crippen molar-refractivity contribution in [3.05, 3.63) is 50.5 Å². The summed E-state index contributed by atoms with van der Waals surface area (Å²) >= 11 is 12.1. The van der Waals surface area contributed by atoms with Crippen LogP contribution in [0.4, 0.5) is 28.4 Å². The highest BCUT2D eigenvalue weighted by Crippen LogP contribution is 2.39. The van der Waals surface area contributed by atoms with Crippen LogP contribution in [0.3, 0.4) is 0 Å². The van der Waals surface area contributed by atoms with E-state index >= 15 is 0 Å². The minimum atomic E-state index is -0.628. The zero-order chi connectivity index (χ0) is 23.7. The summed E-state index contributed by atoms with van der Waals surface area (Å²) in [5.74, 6) is -0.342. The average Bonchev–Trinajstić information content (AvgIpc) is 2.73. The topological polar surface area (TPSA) is 148 Å². The van der Waals surface area contributed by atoms with Crippen LogP contribution in [0.1, 0.15) is 19.8 Å². The lowest BCUT2D eigenvalue weighted by molar-refractivity contribution is -0.384. The number of nitriles is 2. The van der Waals surface area contributed by atoms with E-state index in [-0.39, 0.29) is 45.9 Å². The number of nitro benzene ring substituents is 1. The zero-order valence-electron chi connectivity index (χ0n) is 16.9. The number of rotatable bonds is 9. The summed E-state index contributed by atoms with van der Waals surface area (Å²) in [6, 6.07) is 11.3. The molecule has 1 N–H and O–H groups in total. The molecule has 0 aliphatic carbocycles. The standard InChI is InChI=1S/C20H17Cl2N7O3/c1-13(30)25-19-12-14(28(8-2-6-23)9-3-7-24)4-5-18(19)26-27-20-16(21)10-15(29(31)32)11-17(20)22/h4-5,10-12H,2-3,8-9H2,1H3,(H,25,30). The van der Waals surface area contributed by atoms with E-state index in [4.69, 9.17) is 33.7 Å². The van der Waals surface area contributed by atoms with Gasteiger partial charge < -0.3 is 10.2 Å². The molecule has 2 aromatic carbocycles. The molecule has 0 aliphatic heterocycles. The first-order valence-corrected chi connectivity index (χ1v) is 9.98. The van der Waals surface area contributed by atoms with Gasteiger partial charge in [-0.25, -0.2) is 0 Å². The van der Waals surface area contributed by atoms with Gasteiger partial charge in [-0.3, -0.25) is 14.9 Å². The third-order valence-electron chi connectivity index (χ3n) is 4.11. The Morgan fingerprint density at radius 1 is 1.12 bits per heavy atom. The molecule has 0 saturated heterocycles. The van der Waals surface area contributed by atoms with E-state index < -0.39 is 4.92 Å². The number of hydrogen-bond donors (Lipinski definition) is 1. The first kappa shape index (κ1) is 24.5. The summed E-state index contributed by atoms with van der Waals surface area (Å²) < 4.78 is 0. The molecule has 0 radical (unpaired) electrons. The van der Waals surface area contributed by atoms with Crippen molar-refractivity contribution < 1.29 is 9.72 Å². The number of carbonyl (C=O) groups is 1. The van der Waals surface area contributed by atoms with Crippen molar-refractivity contribution >= 4 is 57.5 Å². The van der Waals surface area contributed by atoms with Gasteiger partial charge in [0.05, 0.1) is 45.6 Å². The Kier molecular flexibility index (Phi) is 8.90. The summed E-state index contributed by atoms with van der Waals surface area (Å²) in [5.41, 5.74) is 1.07. The molecule has 0 spiro atoms. The van der Waals surface area contributed by atoms with Crippen molar-refractivity contribution in [1.82, 2.24) is 0 Å². The van der Waals surface area contributed by atoms with Crippen LogP contribution in [-0.2, 0) is 4.79 Å². The number of benzene rings is 2. The van der Waals surface area contributed by atoms with Gasteiger partial charge >= 0.3 is 0 Å². The number of azo groups is 1. The zero-order valence-corrected chi connectivity index (χ0v) is 18.4. The summed E-state index contributed by atoms with van der Waals surface area (Å²) in [6.07, 6.45) is 0.527. The molecule has 1 amide bonds. The monoisotopic (exact) mass is 473 g/mol. The van der Waals surface area contributed by atoms with Crippen molar-refractivity contribution in [3.63, 3.8) is 0 Å². The first-order chi connectivity index (χ1) is 15.3. The molecule has 0 saturated carbocycles. The van der Waals surface area contributed by atoms with Gasteiger partial charge in [-0.15, -0.1) is 10.2 Å². The molecule has 2 aromatic rings. The second-order valence-electron chi connectivity index (χ2n) is 6.40. The number of nitro groups is 1. The molecular weight excluding hydrogens is 457 g/mol. The number of non-ortho nitro benzene ring substituents is 1. The number of halogens is 2. The molecule has 0 fully saturated rings. The SMILES string of the molecule is CC(=O)Nc1cc(N(CCC#N)CCC#N)ccc1N=Nc1c(Cl)cc([N+](=O)[O-])cc1Cl. The maximum absolute atomic E-state index is 11.7. The number of nitrogens with zero attached hydrogens (tertiary/aromatic N) is 6. The maximum Gasteiger partial charge on any atom is 0.272 e. The van der Waals surface area contributed by atoms with E-state index in [0.717, 1.165) is 12.1 Å². The predicted molar refractivity (Wildman–Crippen MR) is 121 cm³/mol. The van der Waals surface area contributed by atoms with E-state index in [1.165, 1.54) is 6.92 Å². The fraction of sp³-hybridized carbons (Fsp3) is 0.250. The van der Waals surface area contributed by atoms with E-state index in [9.17, 15) is 14.9 Å². The lowest BCUT2D eigenvalue weighted by atomic mass is 10.2. The summed E-state index contributed by atoms with van der Waals surface area (Å²) in [7, 11) is 0. The third kappa shape index (κ3) is 6.64. The number of carbonyl (C=O) groups excluding carboxylic acids is 1. The normalized spacial score (nSPS) is 10.4. The van der Waals surface area contributed by atoms with Gasteiger partial charge in [0.25, 0.3) is 5.69 Å². The van der Waals surface area contributed by atoms with Crippen LogP contribution in [0, 0.1) is 32.8 Å². The molecular formula is C20H17Cl2N7O3. The van der Waals surface area contributed by atoms with E-state index in [2.05, 4.69) is 27.7 Å². The van der Waals surface area contributed by atoms with Gasteiger partial charge in [0, 0.05) is 37.8 Å². The Balaban J connectivity index is 2.43. The first-order valence-electron chi connectivity index (χ1n) is 9.22. The predicted octanol–water partition coefficient (Wildman–Crippen LogP) is 5.91. The molecule has 0 aromatic heterocycles. The van der Waals surface area contributed by atoms with Gasteiger partial charge in [0.15, 0.2) is 0 Å². The highest BCUT2D eigenvalue weighted by Gasteiger charge is 2.15. The van der Waals surface area contributed by atoms with Crippen LogP contribution in [0.2, 0.25) is 10.0 Å². The van der Waals surface area contributed by atoms with Crippen LogP contribution in [-0.4, -0.2) is 23.9 Å². The maximum atomic E-state index is 11.7. The van der Waals surface area contributed by atoms with Crippen LogP contribution in [0.25, 0.3) is 0 Å². The number of nitrogens with one attached hydrogen (secondary N) is 1. The quantitative estimate of drug-likeness (QED) is 0.271. The number of anilines is 2. The fourth-order valence-corrected chi connectivity index (χ4v) is 3.25. The lowest BCUT2D eigenvalue weighted by Gasteiger charge is -2.23. The van der Waals surface area contributed by atoms with Crippen LogP contribution < -0.4 is 10.2 Å². The third-order valence-corrected chi connectivity index (χ3v) is 4.69. The summed E-state index contributed by atoms with van der Waals surface area (Å²) in [4.78, 5) is 23.8. The van der Waals surface area contributed by atoms with Crippen molar-refractivity contribution in [2.24, 2.45) is 10.2 Å². The molecule has 32 heavy (non-hydrogen) atoms. The van der Waals surface area contributed by atoms with E-state index in [1.807, 2.05) is 4.90 Å². The van der Waals surface area contributed by atoms with E-state index in [1.54, 1.807) is 18.2 Å². The second-order valence-corrected chi connectivity index (χ2v) is 7.22. The molecule has 0 atom stereocenters. The Labute approximate surface area is 193 Å². The van der Waals surface area contributed by atoms with Crippen molar-refractivity contribution in [2.75, 3.05) is 23.3 Å². The number of hydrogen-bond acceptors (Lipinski definition) is 8. The molecule has 10 nitrogen and oxygen atoms in total. The van der Waals surface area contributed by atoms with Crippen molar-refractivity contribution in [2.45, 2.75) is 19.8 Å². The Bertz CT molecular complexity index is 1100. The van der Waals surface area contributed by atoms with E-state index in [0.29, 0.717) is 24.5 Å². The average molecular weight is 474 g/mol. The van der Waals surface area contributed by atoms with Gasteiger partial charge in [-0.05, 0) is 18.2 Å². The Hall–Kier alpha value is -3.73. The van der Waals surface area contributed by atoms with Crippen LogP contribution in [0.5, 0.6) is 0 Å². The molecule has 0 aliphatic rings. The summed E-state index contributed by atoms with van der Waals surface area (Å²) in [5, 5.41) is 39.4. The fourth-order valence-electron chi connectivity index (χ4n) is 2.69. The van der Waals surface area contributed by atoms with Crippen molar-refractivity contribution in [3.8, 4) is 12.1 Å². The highest BCUT2D eigenvalue weighted by molar-refractivity contribution is 6.39. The molecule has 0 unspecified atom stereocenters. The van der Waals surface area contributed by atoms with Crippen LogP contribution in [0.15, 0.2) is 40.6 Å². The Morgan fingerprint density at radius 3 is 2.22 bits per heavy atom. The lowest BCUT2D eigenvalue weighted by Crippen LogP contribution is -2.25. The Morgan fingerprint density at radius 2 is 1.72 bits per heavy atom. The van der Waals surface area contributed by atoms with Crippen molar-refractivity contribution in [1.29, 1.82) is 10.5 Å². The molecule has 2 rings (SSSR count). The van der Waals surface area contributed by atoms with Gasteiger partial charge in [-0.1, -0.05) is 23.2 Å².